The lowest BCUT2D eigenvalue weighted by atomic mass is 10.1. The molecule has 0 radical (unpaired) electrons. The quantitative estimate of drug-likeness (QED) is 0.264. The first-order valence-corrected chi connectivity index (χ1v) is 7.52. The van der Waals surface area contributed by atoms with Gasteiger partial charge in [-0.1, -0.05) is 29.4 Å². The molecular weight excluding hydrogens is 308 g/mol. The molecule has 0 saturated heterocycles. The zero-order valence-electron chi connectivity index (χ0n) is 13.3. The zero-order chi connectivity index (χ0) is 17.3. The molecule has 2 heterocycles. The van der Waals surface area contributed by atoms with E-state index < -0.39 is 11.5 Å². The third-order valence-corrected chi connectivity index (χ3v) is 3.87. The number of ether oxygens (including phenoxy) is 1. The average Bonchev–Trinajstić information content (AvgIpc) is 2.61. The lowest BCUT2D eigenvalue weighted by molar-refractivity contribution is 0.0524. The van der Waals surface area contributed by atoms with E-state index in [4.69, 9.17) is 9.94 Å². The summed E-state index contributed by atoms with van der Waals surface area (Å²) in [4.78, 5) is 25.1. The van der Waals surface area contributed by atoms with E-state index in [9.17, 15) is 9.59 Å². The lowest BCUT2D eigenvalue weighted by Gasteiger charge is -2.12. The Bertz CT molecular complexity index is 1030. The molecule has 3 aromatic rings. The Morgan fingerprint density at radius 3 is 2.62 bits per heavy atom. The molecule has 0 fully saturated rings. The molecule has 122 valence electrons. The van der Waals surface area contributed by atoms with Gasteiger partial charge in [-0.2, -0.15) is 0 Å². The molecule has 0 aliphatic heterocycles. The van der Waals surface area contributed by atoms with Gasteiger partial charge in [0.05, 0.1) is 23.4 Å². The van der Waals surface area contributed by atoms with Crippen LogP contribution in [-0.4, -0.2) is 27.9 Å². The SMILES string of the molecule is CCOC(=O)c1cc(/C(C)=N/O)c2ccc3ccccc3n2c1=O. The number of pyridine rings is 2. The Kier molecular flexibility index (Phi) is 4.04. The molecule has 2 aromatic heterocycles. The highest BCUT2D eigenvalue weighted by Gasteiger charge is 2.19. The number of carbonyl (C=O) groups is 1. The number of hydrogen-bond acceptors (Lipinski definition) is 5. The number of hydrogen-bond donors (Lipinski definition) is 1. The minimum atomic E-state index is -0.697. The molecule has 0 unspecified atom stereocenters. The van der Waals surface area contributed by atoms with Crippen LogP contribution in [0.25, 0.3) is 16.4 Å². The number of fused-ring (bicyclic) bond motifs is 3. The van der Waals surface area contributed by atoms with E-state index in [2.05, 4.69) is 5.16 Å². The van der Waals surface area contributed by atoms with Crippen LogP contribution in [0.3, 0.4) is 0 Å². The molecule has 0 amide bonds. The van der Waals surface area contributed by atoms with E-state index in [1.165, 1.54) is 10.5 Å². The highest BCUT2D eigenvalue weighted by atomic mass is 16.5. The van der Waals surface area contributed by atoms with Crippen LogP contribution in [0, 0.1) is 0 Å². The van der Waals surface area contributed by atoms with Gasteiger partial charge in [0.1, 0.15) is 5.56 Å². The maximum absolute atomic E-state index is 12.9. The summed E-state index contributed by atoms with van der Waals surface area (Å²) >= 11 is 0. The number of para-hydroxylation sites is 1. The highest BCUT2D eigenvalue weighted by molar-refractivity contribution is 6.07. The van der Waals surface area contributed by atoms with Gasteiger partial charge in [0.15, 0.2) is 0 Å². The van der Waals surface area contributed by atoms with Gasteiger partial charge in [-0.05, 0) is 37.4 Å². The average molecular weight is 324 g/mol. The van der Waals surface area contributed by atoms with Crippen molar-refractivity contribution in [2.24, 2.45) is 5.16 Å². The fourth-order valence-corrected chi connectivity index (χ4v) is 2.73. The largest absolute Gasteiger partial charge is 0.462 e. The number of aromatic nitrogens is 1. The van der Waals surface area contributed by atoms with Crippen molar-refractivity contribution in [3.8, 4) is 0 Å². The summed E-state index contributed by atoms with van der Waals surface area (Å²) < 4.78 is 6.43. The van der Waals surface area contributed by atoms with Crippen molar-refractivity contribution in [3.63, 3.8) is 0 Å². The number of carbonyl (C=O) groups excluding carboxylic acids is 1. The van der Waals surface area contributed by atoms with Gasteiger partial charge in [0.25, 0.3) is 5.56 Å². The predicted octanol–water partition coefficient (Wildman–Crippen LogP) is 2.83. The van der Waals surface area contributed by atoms with Crippen LogP contribution in [0.1, 0.15) is 29.8 Å². The van der Waals surface area contributed by atoms with Gasteiger partial charge in [-0.25, -0.2) is 4.79 Å². The van der Waals surface area contributed by atoms with Crippen LogP contribution in [0.4, 0.5) is 0 Å². The van der Waals surface area contributed by atoms with Crippen molar-refractivity contribution in [1.29, 1.82) is 0 Å². The first kappa shape index (κ1) is 15.7. The summed E-state index contributed by atoms with van der Waals surface area (Å²) in [7, 11) is 0. The number of oxime groups is 1. The van der Waals surface area contributed by atoms with Crippen molar-refractivity contribution in [2.75, 3.05) is 6.61 Å². The molecule has 24 heavy (non-hydrogen) atoms. The summed E-state index contributed by atoms with van der Waals surface area (Å²) in [5.41, 5.74) is 1.46. The van der Waals surface area contributed by atoms with Gasteiger partial charge in [-0.15, -0.1) is 0 Å². The predicted molar refractivity (Wildman–Crippen MR) is 91.1 cm³/mol. The molecule has 3 rings (SSSR count). The molecule has 0 spiro atoms. The Morgan fingerprint density at radius 1 is 1.17 bits per heavy atom. The maximum atomic E-state index is 12.9. The fraction of sp³-hybridized carbons (Fsp3) is 0.167. The molecule has 0 aliphatic rings. The molecule has 0 atom stereocenters. The minimum absolute atomic E-state index is 0.0938. The lowest BCUT2D eigenvalue weighted by Crippen LogP contribution is -2.25. The smallest absolute Gasteiger partial charge is 0.343 e. The molecule has 0 aliphatic carbocycles. The van der Waals surface area contributed by atoms with Gasteiger partial charge in [0, 0.05) is 5.56 Å². The van der Waals surface area contributed by atoms with E-state index >= 15 is 0 Å². The molecular formula is C18H16N2O4. The second kappa shape index (κ2) is 6.16. The van der Waals surface area contributed by atoms with E-state index in [0.29, 0.717) is 22.3 Å². The monoisotopic (exact) mass is 324 g/mol. The number of benzene rings is 1. The third-order valence-electron chi connectivity index (χ3n) is 3.87. The molecule has 1 aromatic carbocycles. The summed E-state index contributed by atoms with van der Waals surface area (Å²) in [5, 5.41) is 13.2. The second-order valence-electron chi connectivity index (χ2n) is 5.30. The number of rotatable bonds is 3. The van der Waals surface area contributed by atoms with Crippen LogP contribution in [0.5, 0.6) is 0 Å². The van der Waals surface area contributed by atoms with Crippen molar-refractivity contribution < 1.29 is 14.7 Å². The Morgan fingerprint density at radius 2 is 1.92 bits per heavy atom. The van der Waals surface area contributed by atoms with E-state index in [1.54, 1.807) is 26.0 Å². The highest BCUT2D eigenvalue weighted by Crippen LogP contribution is 2.20. The Labute approximate surface area is 137 Å². The van der Waals surface area contributed by atoms with Crippen LogP contribution < -0.4 is 5.56 Å². The van der Waals surface area contributed by atoms with E-state index in [-0.39, 0.29) is 12.2 Å². The normalized spacial score (nSPS) is 11.8. The van der Waals surface area contributed by atoms with Crippen LogP contribution in [0.15, 0.2) is 52.4 Å². The third kappa shape index (κ3) is 2.42. The van der Waals surface area contributed by atoms with Crippen molar-refractivity contribution >= 4 is 28.1 Å². The van der Waals surface area contributed by atoms with Crippen LogP contribution in [0.2, 0.25) is 0 Å². The van der Waals surface area contributed by atoms with Crippen molar-refractivity contribution in [2.45, 2.75) is 13.8 Å². The molecule has 0 bridgehead atoms. The Balaban J connectivity index is 2.51. The van der Waals surface area contributed by atoms with Gasteiger partial charge < -0.3 is 9.94 Å². The number of esters is 1. The topological polar surface area (TPSA) is 80.4 Å². The molecule has 6 heteroatoms. The van der Waals surface area contributed by atoms with Crippen LogP contribution in [-0.2, 0) is 4.74 Å². The first-order valence-electron chi connectivity index (χ1n) is 7.52. The fourth-order valence-electron chi connectivity index (χ4n) is 2.73. The first-order chi connectivity index (χ1) is 11.6. The summed E-state index contributed by atoms with van der Waals surface area (Å²) in [6, 6.07) is 12.4. The minimum Gasteiger partial charge on any atom is -0.462 e. The maximum Gasteiger partial charge on any atom is 0.343 e. The standard InChI is InChI=1S/C18H16N2O4/c1-3-24-18(22)14-10-13(11(2)19-23)16-9-8-12-6-4-5-7-15(12)20(16)17(14)21/h4-10,23H,3H2,1-2H3/b19-11+. The number of nitrogens with zero attached hydrogens (tertiary/aromatic N) is 2. The molecule has 0 saturated carbocycles. The van der Waals surface area contributed by atoms with E-state index in [0.717, 1.165) is 5.39 Å². The second-order valence-corrected chi connectivity index (χ2v) is 5.30. The summed E-state index contributed by atoms with van der Waals surface area (Å²) in [5.74, 6) is -0.697. The Hall–Kier alpha value is -3.15. The van der Waals surface area contributed by atoms with E-state index in [1.807, 2.05) is 24.3 Å². The summed E-state index contributed by atoms with van der Waals surface area (Å²) in [6.45, 7) is 3.44. The summed E-state index contributed by atoms with van der Waals surface area (Å²) in [6.07, 6.45) is 0. The van der Waals surface area contributed by atoms with Gasteiger partial charge in [0.2, 0.25) is 0 Å². The molecule has 1 N–H and O–H groups in total. The van der Waals surface area contributed by atoms with Crippen LogP contribution >= 0.6 is 0 Å². The van der Waals surface area contributed by atoms with Crippen molar-refractivity contribution in [3.05, 3.63) is 63.9 Å². The van der Waals surface area contributed by atoms with Gasteiger partial charge >= 0.3 is 5.97 Å². The molecule has 6 nitrogen and oxygen atoms in total. The van der Waals surface area contributed by atoms with Gasteiger partial charge in [-0.3, -0.25) is 9.20 Å². The zero-order valence-corrected chi connectivity index (χ0v) is 13.3. The van der Waals surface area contributed by atoms with Crippen molar-refractivity contribution in [1.82, 2.24) is 4.40 Å².